The van der Waals surface area contributed by atoms with E-state index in [0.717, 1.165) is 0 Å². The van der Waals surface area contributed by atoms with Gasteiger partial charge in [-0.1, -0.05) is 6.42 Å². The molecule has 0 unspecified atom stereocenters. The van der Waals surface area contributed by atoms with Crippen molar-refractivity contribution < 1.29 is 4.39 Å². The molecule has 2 heteroatoms. The molecular weight excluding hydrogens is 129 g/mol. The molecule has 62 valence electrons. The van der Waals surface area contributed by atoms with E-state index in [2.05, 4.69) is 11.9 Å². The van der Waals surface area contributed by atoms with Crippen LogP contribution in [0.3, 0.4) is 0 Å². The van der Waals surface area contributed by atoms with Crippen molar-refractivity contribution in [3.05, 3.63) is 0 Å². The van der Waals surface area contributed by atoms with Gasteiger partial charge in [-0.25, -0.2) is 0 Å². The average molecular weight is 147 g/mol. The molecule has 0 aromatic heterocycles. The Labute approximate surface area is 63.2 Å². The number of rotatable bonds is 0. The van der Waals surface area contributed by atoms with E-state index in [1.54, 1.807) is 0 Å². The van der Waals surface area contributed by atoms with E-state index in [-0.39, 0.29) is 6.67 Å². The molecule has 0 amide bonds. The van der Waals surface area contributed by atoms with Gasteiger partial charge in [-0.15, -0.1) is 0 Å². The third-order valence-corrected chi connectivity index (χ3v) is 1.58. The van der Waals surface area contributed by atoms with Crippen LogP contribution >= 0.6 is 0 Å². The molecule has 1 aliphatic heterocycles. The molecule has 0 radical (unpaired) electrons. The zero-order valence-corrected chi connectivity index (χ0v) is 7.07. The van der Waals surface area contributed by atoms with Gasteiger partial charge in [0.25, 0.3) is 0 Å². The second-order valence-corrected chi connectivity index (χ2v) is 2.63. The first-order chi connectivity index (χ1) is 4.81. The minimum Gasteiger partial charge on any atom is -0.306 e. The van der Waals surface area contributed by atoms with Crippen molar-refractivity contribution in [3.63, 3.8) is 0 Å². The predicted octanol–water partition coefficient (Wildman–Crippen LogP) is 2.08. The first kappa shape index (κ1) is 9.89. The molecular formula is C8H18FN. The van der Waals surface area contributed by atoms with E-state index < -0.39 is 0 Å². The van der Waals surface area contributed by atoms with Crippen molar-refractivity contribution in [3.8, 4) is 0 Å². The third-order valence-electron chi connectivity index (χ3n) is 1.58. The summed E-state index contributed by atoms with van der Waals surface area (Å²) in [7, 11) is 2.19. The summed E-state index contributed by atoms with van der Waals surface area (Å²) in [5, 5.41) is 0. The van der Waals surface area contributed by atoms with Crippen LogP contribution in [-0.2, 0) is 0 Å². The van der Waals surface area contributed by atoms with Gasteiger partial charge in [-0.2, -0.15) is 0 Å². The summed E-state index contributed by atoms with van der Waals surface area (Å²) in [6, 6.07) is 0. The average Bonchev–Trinajstić information content (AvgIpc) is 1.91. The van der Waals surface area contributed by atoms with Crippen LogP contribution < -0.4 is 0 Å². The quantitative estimate of drug-likeness (QED) is 0.507. The van der Waals surface area contributed by atoms with E-state index in [1.807, 2.05) is 0 Å². The zero-order chi connectivity index (χ0) is 7.82. The largest absolute Gasteiger partial charge is 0.306 e. The lowest BCUT2D eigenvalue weighted by Crippen LogP contribution is -2.24. The highest BCUT2D eigenvalue weighted by Crippen LogP contribution is 2.04. The molecule has 0 aromatic carbocycles. The fourth-order valence-corrected chi connectivity index (χ4v) is 1.05. The summed E-state index contributed by atoms with van der Waals surface area (Å²) in [5.41, 5.74) is 0. The van der Waals surface area contributed by atoms with Gasteiger partial charge < -0.3 is 4.90 Å². The lowest BCUT2D eigenvalue weighted by atomic mass is 10.1. The molecule has 1 fully saturated rings. The van der Waals surface area contributed by atoms with Crippen LogP contribution in [0.25, 0.3) is 0 Å². The molecule has 10 heavy (non-hydrogen) atoms. The molecule has 0 N–H and O–H groups in total. The SMILES string of the molecule is CCF.CN1CCCCC1. The number of piperidine rings is 1. The minimum atomic E-state index is -0.250. The molecule has 0 bridgehead atoms. The summed E-state index contributed by atoms with van der Waals surface area (Å²) < 4.78 is 10.3. The van der Waals surface area contributed by atoms with Crippen LogP contribution in [-0.4, -0.2) is 31.7 Å². The Bertz CT molecular complexity index is 60.3. The molecule has 1 heterocycles. The molecule has 0 saturated carbocycles. The van der Waals surface area contributed by atoms with Crippen molar-refractivity contribution >= 4 is 0 Å². The van der Waals surface area contributed by atoms with Crippen LogP contribution in [0.2, 0.25) is 0 Å². The Morgan fingerprint density at radius 3 is 1.80 bits per heavy atom. The third kappa shape index (κ3) is 6.02. The Hall–Kier alpha value is -0.110. The fourth-order valence-electron chi connectivity index (χ4n) is 1.05. The van der Waals surface area contributed by atoms with Gasteiger partial charge in [0.2, 0.25) is 0 Å². The van der Waals surface area contributed by atoms with E-state index in [4.69, 9.17) is 0 Å². The van der Waals surface area contributed by atoms with Gasteiger partial charge in [0.05, 0.1) is 6.67 Å². The molecule has 1 nitrogen and oxygen atoms in total. The van der Waals surface area contributed by atoms with E-state index in [9.17, 15) is 4.39 Å². The van der Waals surface area contributed by atoms with Gasteiger partial charge in [0.15, 0.2) is 0 Å². The molecule has 0 spiro atoms. The van der Waals surface area contributed by atoms with Gasteiger partial charge in [0.1, 0.15) is 0 Å². The zero-order valence-electron chi connectivity index (χ0n) is 7.07. The monoisotopic (exact) mass is 147 g/mol. The Morgan fingerprint density at radius 2 is 1.60 bits per heavy atom. The highest BCUT2D eigenvalue weighted by atomic mass is 19.1. The van der Waals surface area contributed by atoms with Crippen LogP contribution in [0.5, 0.6) is 0 Å². The van der Waals surface area contributed by atoms with Gasteiger partial charge >= 0.3 is 0 Å². The lowest BCUT2D eigenvalue weighted by Gasteiger charge is -2.20. The van der Waals surface area contributed by atoms with Crippen molar-refractivity contribution in [1.82, 2.24) is 4.90 Å². The molecule has 0 atom stereocenters. The molecule has 1 rings (SSSR count). The normalized spacial score (nSPS) is 19.5. The number of halogens is 1. The Balaban J connectivity index is 0.000000236. The lowest BCUT2D eigenvalue weighted by molar-refractivity contribution is 0.277. The minimum absolute atomic E-state index is 0.250. The van der Waals surface area contributed by atoms with Crippen LogP contribution in [0.1, 0.15) is 26.2 Å². The molecule has 0 aliphatic carbocycles. The number of hydrogen-bond donors (Lipinski definition) is 0. The van der Waals surface area contributed by atoms with Crippen molar-refractivity contribution in [2.45, 2.75) is 26.2 Å². The summed E-state index contributed by atoms with van der Waals surface area (Å²) >= 11 is 0. The van der Waals surface area contributed by atoms with Gasteiger partial charge in [-0.05, 0) is 39.9 Å². The second-order valence-electron chi connectivity index (χ2n) is 2.63. The summed E-state index contributed by atoms with van der Waals surface area (Å²) in [6.07, 6.45) is 4.28. The predicted molar refractivity (Wildman–Crippen MR) is 43.0 cm³/mol. The van der Waals surface area contributed by atoms with Gasteiger partial charge in [0, 0.05) is 0 Å². The summed E-state index contributed by atoms with van der Waals surface area (Å²) in [4.78, 5) is 2.39. The van der Waals surface area contributed by atoms with Crippen LogP contribution in [0, 0.1) is 0 Å². The van der Waals surface area contributed by atoms with Crippen molar-refractivity contribution in [1.29, 1.82) is 0 Å². The number of hydrogen-bond acceptors (Lipinski definition) is 1. The smallest absolute Gasteiger partial charge is 0.0866 e. The first-order valence-electron chi connectivity index (χ1n) is 4.05. The topological polar surface area (TPSA) is 3.24 Å². The summed E-state index contributed by atoms with van der Waals surface area (Å²) in [6.45, 7) is 3.85. The van der Waals surface area contributed by atoms with Crippen molar-refractivity contribution in [2.24, 2.45) is 0 Å². The number of likely N-dealkylation sites (tertiary alicyclic amines) is 1. The van der Waals surface area contributed by atoms with E-state index in [0.29, 0.717) is 0 Å². The first-order valence-corrected chi connectivity index (χ1v) is 4.05. The Morgan fingerprint density at radius 1 is 1.20 bits per heavy atom. The highest BCUT2D eigenvalue weighted by molar-refractivity contribution is 4.58. The standard InChI is InChI=1S/C6H13N.C2H5F/c1-7-5-3-2-4-6-7;1-2-3/h2-6H2,1H3;2H2,1H3. The fraction of sp³-hybridized carbons (Fsp3) is 1.00. The number of nitrogens with zero attached hydrogens (tertiary/aromatic N) is 1. The number of alkyl halides is 1. The molecule has 1 saturated heterocycles. The molecule has 1 aliphatic rings. The maximum Gasteiger partial charge on any atom is 0.0866 e. The van der Waals surface area contributed by atoms with Gasteiger partial charge in [-0.3, -0.25) is 4.39 Å². The molecule has 0 aromatic rings. The maximum absolute atomic E-state index is 10.3. The van der Waals surface area contributed by atoms with E-state index >= 15 is 0 Å². The van der Waals surface area contributed by atoms with Crippen molar-refractivity contribution in [2.75, 3.05) is 26.8 Å². The van der Waals surface area contributed by atoms with E-state index in [1.165, 1.54) is 39.3 Å². The maximum atomic E-state index is 10.3. The van der Waals surface area contributed by atoms with Crippen LogP contribution in [0.15, 0.2) is 0 Å². The second kappa shape index (κ2) is 7.00. The Kier molecular flexibility index (Phi) is 6.93. The summed E-state index contributed by atoms with van der Waals surface area (Å²) in [5.74, 6) is 0. The van der Waals surface area contributed by atoms with Crippen LogP contribution in [0.4, 0.5) is 4.39 Å². The highest BCUT2D eigenvalue weighted by Gasteiger charge is 2.02.